The van der Waals surface area contributed by atoms with Gasteiger partial charge in [-0.05, 0) is 48.9 Å². The summed E-state index contributed by atoms with van der Waals surface area (Å²) in [6.45, 7) is 1.76. The second-order valence-corrected chi connectivity index (χ2v) is 10.9. The predicted molar refractivity (Wildman–Crippen MR) is 136 cm³/mol. The topological polar surface area (TPSA) is 159 Å². The molecule has 0 saturated heterocycles. The molecule has 2 aromatic rings. The molecule has 1 unspecified atom stereocenters. The maximum absolute atomic E-state index is 13.3. The third-order valence-electron chi connectivity index (χ3n) is 6.68. The number of pyridine rings is 1. The van der Waals surface area contributed by atoms with E-state index < -0.39 is 29.3 Å². The first-order valence-corrected chi connectivity index (χ1v) is 13.2. The van der Waals surface area contributed by atoms with Crippen molar-refractivity contribution in [3.8, 4) is 0 Å². The van der Waals surface area contributed by atoms with Crippen molar-refractivity contribution < 1.29 is 14.4 Å². The molecule has 1 fully saturated rings. The first kappa shape index (κ1) is 25.4. The van der Waals surface area contributed by atoms with Gasteiger partial charge in [0.15, 0.2) is 5.37 Å². The molecule has 0 aromatic carbocycles. The summed E-state index contributed by atoms with van der Waals surface area (Å²) in [5, 5.41) is 23.1. The van der Waals surface area contributed by atoms with Crippen LogP contribution in [0, 0.1) is 0 Å². The molecule has 2 aliphatic heterocycles. The molecule has 1 aliphatic carbocycles. The Kier molecular flexibility index (Phi) is 7.58. The maximum atomic E-state index is 13.3. The van der Waals surface area contributed by atoms with Gasteiger partial charge in [0.05, 0.1) is 17.1 Å². The Bertz CT molecular complexity index is 1190. The molecule has 4 heterocycles. The van der Waals surface area contributed by atoms with Gasteiger partial charge < -0.3 is 26.2 Å². The van der Waals surface area contributed by atoms with Crippen molar-refractivity contribution in [3.63, 3.8) is 0 Å². The van der Waals surface area contributed by atoms with E-state index in [0.29, 0.717) is 24.3 Å². The Hall–Kier alpha value is -3.23. The molecule has 5 rings (SSSR count). The lowest BCUT2D eigenvalue weighted by atomic mass is 9.86. The molecule has 3 aliphatic rings. The van der Waals surface area contributed by atoms with Crippen molar-refractivity contribution in [3.05, 3.63) is 40.3 Å². The SMILES string of the molecule is CN1CCC2=C(C1)SC(C(=O)N[C@@H]1C[C@@H](n3cnnn3)CC[C@@H]1NC(=O)C(=O)Nc1ccc(Cl)cn1)N2. The minimum Gasteiger partial charge on any atom is -0.368 e. The Morgan fingerprint density at radius 3 is 2.78 bits per heavy atom. The Morgan fingerprint density at radius 2 is 2.03 bits per heavy atom. The minimum absolute atomic E-state index is 0.0512. The number of nitrogens with one attached hydrogen (secondary N) is 4. The van der Waals surface area contributed by atoms with Gasteiger partial charge in [-0.1, -0.05) is 23.4 Å². The number of amides is 3. The summed E-state index contributed by atoms with van der Waals surface area (Å²) in [4.78, 5) is 45.9. The summed E-state index contributed by atoms with van der Waals surface area (Å²) >= 11 is 7.35. The van der Waals surface area contributed by atoms with Crippen molar-refractivity contribution in [2.45, 2.75) is 49.2 Å². The molecule has 3 amide bonds. The van der Waals surface area contributed by atoms with Crippen LogP contribution in [-0.4, -0.2) is 85.4 Å². The van der Waals surface area contributed by atoms with Crippen molar-refractivity contribution in [1.82, 2.24) is 46.0 Å². The standard InChI is InChI=1S/C22H27ClN10O3S/c1-32-7-6-15-17(10-32)37-22(28-15)21(36)27-16-8-13(33-11-25-30-31-33)3-4-14(16)26-19(34)20(35)29-18-5-2-12(23)9-24-18/h2,5,9,11,13-14,16,22,28H,3-4,6-8,10H2,1H3,(H,26,34)(H,27,36)(H,24,29,35)/t13-,14-,16+,22?/m0/s1. The van der Waals surface area contributed by atoms with Crippen molar-refractivity contribution in [2.75, 3.05) is 25.5 Å². The van der Waals surface area contributed by atoms with Crippen LogP contribution in [0.1, 0.15) is 31.7 Å². The molecule has 0 spiro atoms. The van der Waals surface area contributed by atoms with E-state index in [4.69, 9.17) is 11.6 Å². The van der Waals surface area contributed by atoms with Crippen molar-refractivity contribution in [2.24, 2.45) is 0 Å². The molecular formula is C22H27ClN10O3S. The van der Waals surface area contributed by atoms with Crippen LogP contribution in [0.5, 0.6) is 0 Å². The van der Waals surface area contributed by atoms with Crippen LogP contribution in [0.25, 0.3) is 0 Å². The van der Waals surface area contributed by atoms with Gasteiger partial charge in [0.2, 0.25) is 0 Å². The fraction of sp³-hybridized carbons (Fsp3) is 0.500. The number of carbonyl (C=O) groups excluding carboxylic acids is 3. The summed E-state index contributed by atoms with van der Waals surface area (Å²) in [6, 6.07) is 2.14. The number of carbonyl (C=O) groups is 3. The molecule has 4 N–H and O–H groups in total. The average Bonchev–Trinajstić information content (AvgIpc) is 3.56. The second kappa shape index (κ2) is 11.0. The van der Waals surface area contributed by atoms with Crippen molar-refractivity contribution in [1.29, 1.82) is 0 Å². The molecule has 13 nitrogen and oxygen atoms in total. The lowest BCUT2D eigenvalue weighted by Crippen LogP contribution is -2.58. The van der Waals surface area contributed by atoms with E-state index in [1.165, 1.54) is 35.3 Å². The second-order valence-electron chi connectivity index (χ2n) is 9.30. The number of hydrogen-bond donors (Lipinski definition) is 4. The number of hydrogen-bond acceptors (Lipinski definition) is 10. The van der Waals surface area contributed by atoms with Crippen LogP contribution in [-0.2, 0) is 14.4 Å². The average molecular weight is 547 g/mol. The molecule has 0 radical (unpaired) electrons. The molecular weight excluding hydrogens is 520 g/mol. The number of aromatic nitrogens is 5. The van der Waals surface area contributed by atoms with Gasteiger partial charge >= 0.3 is 11.8 Å². The van der Waals surface area contributed by atoms with Gasteiger partial charge in [0.1, 0.15) is 12.1 Å². The molecule has 2 aromatic heterocycles. The lowest BCUT2D eigenvalue weighted by Gasteiger charge is -2.37. The van der Waals surface area contributed by atoms with Crippen LogP contribution < -0.4 is 21.3 Å². The number of nitrogens with zero attached hydrogens (tertiary/aromatic N) is 6. The van der Waals surface area contributed by atoms with Gasteiger partial charge in [0, 0.05) is 42.4 Å². The van der Waals surface area contributed by atoms with Gasteiger partial charge in [-0.15, -0.1) is 5.10 Å². The molecule has 4 atom stereocenters. The van der Waals surface area contributed by atoms with Crippen LogP contribution in [0.15, 0.2) is 35.3 Å². The molecule has 1 saturated carbocycles. The zero-order valence-electron chi connectivity index (χ0n) is 20.1. The largest absolute Gasteiger partial charge is 0.368 e. The quantitative estimate of drug-likeness (QED) is 0.383. The molecule has 0 bridgehead atoms. The summed E-state index contributed by atoms with van der Waals surface area (Å²) < 4.78 is 1.66. The van der Waals surface area contributed by atoms with Crippen LogP contribution >= 0.6 is 23.4 Å². The van der Waals surface area contributed by atoms with Gasteiger partial charge in [-0.2, -0.15) is 0 Å². The smallest absolute Gasteiger partial charge is 0.314 e. The number of halogens is 1. The van der Waals surface area contributed by atoms with Gasteiger partial charge in [-0.25, -0.2) is 9.67 Å². The van der Waals surface area contributed by atoms with E-state index in [1.807, 2.05) is 0 Å². The highest BCUT2D eigenvalue weighted by Crippen LogP contribution is 2.35. The summed E-state index contributed by atoms with van der Waals surface area (Å²) in [6.07, 6.45) is 5.48. The number of rotatable bonds is 5. The fourth-order valence-electron chi connectivity index (χ4n) is 4.74. The monoisotopic (exact) mass is 546 g/mol. The lowest BCUT2D eigenvalue weighted by molar-refractivity contribution is -0.137. The Morgan fingerprint density at radius 1 is 1.16 bits per heavy atom. The highest BCUT2D eigenvalue weighted by molar-refractivity contribution is 8.04. The van der Waals surface area contributed by atoms with Gasteiger partial charge in [0.25, 0.3) is 5.91 Å². The van der Waals surface area contributed by atoms with E-state index in [1.54, 1.807) is 10.7 Å². The fourth-order valence-corrected chi connectivity index (χ4v) is 6.11. The molecule has 37 heavy (non-hydrogen) atoms. The number of anilines is 1. The third kappa shape index (κ3) is 6.02. The Labute approximate surface area is 222 Å². The summed E-state index contributed by atoms with van der Waals surface area (Å²) in [5.41, 5.74) is 1.12. The maximum Gasteiger partial charge on any atom is 0.314 e. The minimum atomic E-state index is -0.850. The van der Waals surface area contributed by atoms with Crippen LogP contribution in [0.2, 0.25) is 5.02 Å². The normalized spacial score (nSPS) is 25.7. The highest BCUT2D eigenvalue weighted by Gasteiger charge is 2.38. The summed E-state index contributed by atoms with van der Waals surface area (Å²) in [5.74, 6) is -1.62. The van der Waals surface area contributed by atoms with Crippen LogP contribution in [0.3, 0.4) is 0 Å². The van der Waals surface area contributed by atoms with Gasteiger partial charge in [-0.3, -0.25) is 14.4 Å². The van der Waals surface area contributed by atoms with E-state index in [2.05, 4.69) is 53.7 Å². The first-order chi connectivity index (χ1) is 17.9. The number of likely N-dealkylation sites (N-methyl/N-ethyl adjacent to an activating group) is 1. The third-order valence-corrected chi connectivity index (χ3v) is 8.13. The molecule has 15 heteroatoms. The Balaban J connectivity index is 1.24. The molecule has 196 valence electrons. The summed E-state index contributed by atoms with van der Waals surface area (Å²) in [7, 11) is 2.06. The highest BCUT2D eigenvalue weighted by atomic mass is 35.5. The zero-order valence-corrected chi connectivity index (χ0v) is 21.6. The first-order valence-electron chi connectivity index (χ1n) is 12.0. The van der Waals surface area contributed by atoms with E-state index >= 15 is 0 Å². The number of tetrazole rings is 1. The van der Waals surface area contributed by atoms with E-state index in [-0.39, 0.29) is 17.8 Å². The van der Waals surface area contributed by atoms with Crippen LogP contribution in [0.4, 0.5) is 5.82 Å². The zero-order chi connectivity index (χ0) is 25.9. The number of thioether (sulfide) groups is 1. The van der Waals surface area contributed by atoms with Crippen molar-refractivity contribution >= 4 is 46.9 Å². The van der Waals surface area contributed by atoms with E-state index in [9.17, 15) is 14.4 Å². The predicted octanol–water partition coefficient (Wildman–Crippen LogP) is 0.264. The van der Waals surface area contributed by atoms with E-state index in [0.717, 1.165) is 25.2 Å².